The summed E-state index contributed by atoms with van der Waals surface area (Å²) in [6, 6.07) is 12.1. The Labute approximate surface area is 191 Å². The van der Waals surface area contributed by atoms with Crippen molar-refractivity contribution >= 4 is 7.60 Å². The van der Waals surface area contributed by atoms with Crippen LogP contribution in [0.3, 0.4) is 0 Å². The fourth-order valence-corrected chi connectivity index (χ4v) is 4.81. The van der Waals surface area contributed by atoms with Crippen molar-refractivity contribution in [1.82, 2.24) is 0 Å². The molecular weight excluding hydrogens is 427 g/mol. The first kappa shape index (κ1) is 24.8. The van der Waals surface area contributed by atoms with Gasteiger partial charge in [0.05, 0.1) is 19.8 Å². The summed E-state index contributed by atoms with van der Waals surface area (Å²) in [6.07, 6.45) is 3.27. The second kappa shape index (κ2) is 11.9. The van der Waals surface area contributed by atoms with Crippen LogP contribution in [-0.2, 0) is 24.8 Å². The third-order valence-corrected chi connectivity index (χ3v) is 7.12. The van der Waals surface area contributed by atoms with Gasteiger partial charge in [0.15, 0.2) is 13.1 Å². The van der Waals surface area contributed by atoms with E-state index in [1.807, 2.05) is 24.3 Å². The quantitative estimate of drug-likeness (QED) is 0.188. The fraction of sp³-hybridized carbons (Fsp3) is 0.520. The van der Waals surface area contributed by atoms with Crippen molar-refractivity contribution in [2.24, 2.45) is 5.92 Å². The number of aryl methyl sites for hydroxylation is 2. The molecule has 0 bridgehead atoms. The first-order valence-electron chi connectivity index (χ1n) is 11.3. The molecule has 0 aliphatic heterocycles. The van der Waals surface area contributed by atoms with Gasteiger partial charge in [-0.25, -0.2) is 0 Å². The molecule has 6 nitrogen and oxygen atoms in total. The molecule has 0 unspecified atom stereocenters. The van der Waals surface area contributed by atoms with Gasteiger partial charge in [-0.05, 0) is 99.4 Å². The number of hydrogen-bond donors (Lipinski definition) is 0. The predicted molar refractivity (Wildman–Crippen MR) is 126 cm³/mol. The van der Waals surface area contributed by atoms with E-state index >= 15 is 0 Å². The third kappa shape index (κ3) is 7.63. The number of hydrogen-bond acceptors (Lipinski definition) is 6. The van der Waals surface area contributed by atoms with Gasteiger partial charge in [0.1, 0.15) is 11.5 Å². The minimum atomic E-state index is -3.24. The lowest BCUT2D eigenvalue weighted by Crippen LogP contribution is -2.06. The molecule has 0 spiro atoms. The largest absolute Gasteiger partial charge is 0.481 e. The number of rotatable bonds is 14. The van der Waals surface area contributed by atoms with Crippen molar-refractivity contribution in [1.29, 1.82) is 0 Å². The summed E-state index contributed by atoms with van der Waals surface area (Å²) in [5, 5.41) is 0. The molecule has 2 aromatic rings. The molecular formula is C25H35O6P. The molecule has 0 radical (unpaired) electrons. The Bertz CT molecular complexity index is 874. The van der Waals surface area contributed by atoms with Gasteiger partial charge in [-0.1, -0.05) is 12.1 Å². The van der Waals surface area contributed by atoms with Crippen molar-refractivity contribution in [3.05, 3.63) is 58.7 Å². The molecule has 0 amide bonds. The van der Waals surface area contributed by atoms with Gasteiger partial charge >= 0.3 is 7.60 Å². The van der Waals surface area contributed by atoms with Crippen molar-refractivity contribution in [2.75, 3.05) is 33.0 Å². The van der Waals surface area contributed by atoms with Gasteiger partial charge in [0.25, 0.3) is 0 Å². The smallest absolute Gasteiger partial charge is 0.367 e. The number of ether oxygens (including phenoxy) is 3. The van der Waals surface area contributed by atoms with E-state index in [1.165, 1.54) is 24.0 Å². The predicted octanol–water partition coefficient (Wildman–Crippen LogP) is 6.26. The fourth-order valence-electron chi connectivity index (χ4n) is 3.49. The second-order valence-corrected chi connectivity index (χ2v) is 10.1. The average molecular weight is 463 g/mol. The van der Waals surface area contributed by atoms with Gasteiger partial charge in [-0.2, -0.15) is 0 Å². The van der Waals surface area contributed by atoms with Crippen LogP contribution in [0.2, 0.25) is 0 Å². The van der Waals surface area contributed by atoms with Crippen LogP contribution in [-0.4, -0.2) is 33.0 Å². The zero-order valence-corrected chi connectivity index (χ0v) is 20.5. The Hall–Kier alpha value is -1.85. The van der Waals surface area contributed by atoms with Gasteiger partial charge in [-0.15, -0.1) is 0 Å². The van der Waals surface area contributed by atoms with Gasteiger partial charge < -0.3 is 23.3 Å². The molecule has 1 fully saturated rings. The average Bonchev–Trinajstić information content (AvgIpc) is 3.58. The van der Waals surface area contributed by atoms with Crippen molar-refractivity contribution in [3.8, 4) is 11.5 Å². The second-order valence-electron chi connectivity index (χ2n) is 8.15. The zero-order chi connectivity index (χ0) is 23.0. The SMILES string of the molecule is CCOP(=O)(COc1cc(C)c(Cc2ccc(OCOCC3CC3)cc2)c(C)c1)OCC. The summed E-state index contributed by atoms with van der Waals surface area (Å²) in [4.78, 5) is 0. The molecule has 176 valence electrons. The molecule has 0 aromatic heterocycles. The summed E-state index contributed by atoms with van der Waals surface area (Å²) in [6.45, 7) is 9.43. The monoisotopic (exact) mass is 462 g/mol. The highest BCUT2D eigenvalue weighted by molar-refractivity contribution is 7.53. The first-order chi connectivity index (χ1) is 15.4. The minimum Gasteiger partial charge on any atom is -0.481 e. The lowest BCUT2D eigenvalue weighted by molar-refractivity contribution is 0.00997. The lowest BCUT2D eigenvalue weighted by atomic mass is 9.96. The first-order valence-corrected chi connectivity index (χ1v) is 13.1. The Balaban J connectivity index is 1.56. The van der Waals surface area contributed by atoms with Gasteiger partial charge in [0, 0.05) is 0 Å². The van der Waals surface area contributed by atoms with Crippen molar-refractivity contribution in [2.45, 2.75) is 47.0 Å². The molecule has 0 N–H and O–H groups in total. The van der Waals surface area contributed by atoms with E-state index in [0.29, 0.717) is 25.8 Å². The van der Waals surface area contributed by atoms with Crippen LogP contribution in [0.15, 0.2) is 36.4 Å². The molecule has 0 saturated heterocycles. The van der Waals surface area contributed by atoms with E-state index in [2.05, 4.69) is 26.0 Å². The van der Waals surface area contributed by atoms with E-state index in [4.69, 9.17) is 23.3 Å². The molecule has 7 heteroatoms. The van der Waals surface area contributed by atoms with Crippen LogP contribution < -0.4 is 9.47 Å². The van der Waals surface area contributed by atoms with Crippen molar-refractivity contribution in [3.63, 3.8) is 0 Å². The summed E-state index contributed by atoms with van der Waals surface area (Å²) >= 11 is 0. The molecule has 1 aliphatic rings. The topological polar surface area (TPSA) is 63.2 Å². The normalized spacial score (nSPS) is 13.9. The van der Waals surface area contributed by atoms with Crippen LogP contribution in [0.5, 0.6) is 11.5 Å². The molecule has 1 aliphatic carbocycles. The molecule has 32 heavy (non-hydrogen) atoms. The van der Waals surface area contributed by atoms with E-state index in [0.717, 1.165) is 35.8 Å². The molecule has 2 aromatic carbocycles. The maximum absolute atomic E-state index is 12.6. The highest BCUT2D eigenvalue weighted by atomic mass is 31.2. The lowest BCUT2D eigenvalue weighted by Gasteiger charge is -2.19. The third-order valence-electron chi connectivity index (χ3n) is 5.37. The van der Waals surface area contributed by atoms with Crippen molar-refractivity contribution < 1.29 is 27.8 Å². The standard InChI is InChI=1S/C25H35O6P/c1-5-30-32(26,31-6-2)18-29-24-13-19(3)25(20(4)14-24)15-21-9-11-23(12-10-21)28-17-27-16-22-7-8-22/h9-14,22H,5-8,15-18H2,1-4H3. The maximum atomic E-state index is 12.6. The van der Waals surface area contributed by atoms with E-state index < -0.39 is 7.60 Å². The summed E-state index contributed by atoms with van der Waals surface area (Å²) < 4.78 is 40.2. The van der Waals surface area contributed by atoms with Crippen LogP contribution in [0.4, 0.5) is 0 Å². The number of benzene rings is 2. The summed E-state index contributed by atoms with van der Waals surface area (Å²) in [5.41, 5.74) is 4.69. The van der Waals surface area contributed by atoms with Crippen LogP contribution >= 0.6 is 7.60 Å². The van der Waals surface area contributed by atoms with Crippen LogP contribution in [0, 0.1) is 19.8 Å². The van der Waals surface area contributed by atoms with Crippen LogP contribution in [0.25, 0.3) is 0 Å². The van der Waals surface area contributed by atoms with E-state index in [-0.39, 0.29) is 6.35 Å². The zero-order valence-electron chi connectivity index (χ0n) is 19.6. The highest BCUT2D eigenvalue weighted by Gasteiger charge is 2.25. The van der Waals surface area contributed by atoms with E-state index in [9.17, 15) is 4.57 Å². The van der Waals surface area contributed by atoms with Crippen LogP contribution in [0.1, 0.15) is 48.9 Å². The molecule has 3 rings (SSSR count). The summed E-state index contributed by atoms with van der Waals surface area (Å²) in [5.74, 6) is 2.22. The minimum absolute atomic E-state index is 0.0985. The Morgan fingerprint density at radius 2 is 1.53 bits per heavy atom. The Kier molecular flexibility index (Phi) is 9.18. The molecule has 1 saturated carbocycles. The Morgan fingerprint density at radius 3 is 2.09 bits per heavy atom. The van der Waals surface area contributed by atoms with E-state index in [1.54, 1.807) is 13.8 Å². The maximum Gasteiger partial charge on any atom is 0.367 e. The highest BCUT2D eigenvalue weighted by Crippen LogP contribution is 2.48. The van der Waals surface area contributed by atoms with Gasteiger partial charge in [-0.3, -0.25) is 4.57 Å². The molecule has 0 atom stereocenters. The van der Waals surface area contributed by atoms with Gasteiger partial charge in [0.2, 0.25) is 0 Å². The Morgan fingerprint density at radius 1 is 0.906 bits per heavy atom. The molecule has 0 heterocycles. The summed E-state index contributed by atoms with van der Waals surface area (Å²) in [7, 11) is -3.24.